The lowest BCUT2D eigenvalue weighted by Crippen LogP contribution is -2.16. The van der Waals surface area contributed by atoms with Crippen LogP contribution in [-0.2, 0) is 10.0 Å². The van der Waals surface area contributed by atoms with Gasteiger partial charge in [0.25, 0.3) is 10.0 Å². The smallest absolute Gasteiger partial charge is 0.265 e. The van der Waals surface area contributed by atoms with Crippen molar-refractivity contribution >= 4 is 15.7 Å². The van der Waals surface area contributed by atoms with Crippen LogP contribution in [0.5, 0.6) is 5.75 Å². The molecule has 0 fully saturated rings. The molecule has 1 heterocycles. The summed E-state index contributed by atoms with van der Waals surface area (Å²) < 4.78 is 34.0. The highest BCUT2D eigenvalue weighted by atomic mass is 32.2. The number of rotatable bonds is 7. The van der Waals surface area contributed by atoms with Crippen molar-refractivity contribution in [3.8, 4) is 5.75 Å². The lowest BCUT2D eigenvalue weighted by Gasteiger charge is -2.18. The van der Waals surface area contributed by atoms with E-state index in [0.717, 1.165) is 17.5 Å². The number of aromatic nitrogens is 1. The Hall–Kier alpha value is -2.08. The fraction of sp³-hybridized carbons (Fsp3) is 0.389. The van der Waals surface area contributed by atoms with E-state index in [1.165, 1.54) is 6.20 Å². The summed E-state index contributed by atoms with van der Waals surface area (Å²) in [4.78, 5) is 4.10. The van der Waals surface area contributed by atoms with Crippen LogP contribution in [0, 0.1) is 6.92 Å². The largest absolute Gasteiger partial charge is 0.492 e. The van der Waals surface area contributed by atoms with Crippen LogP contribution in [-0.4, -0.2) is 20.0 Å². The SMILES string of the molecule is CCCOc1cc(C)c(C(C)C)cc1S(=O)(=O)Nc1cccnc1. The highest BCUT2D eigenvalue weighted by Gasteiger charge is 2.22. The molecule has 6 heteroatoms. The molecule has 0 bridgehead atoms. The lowest BCUT2D eigenvalue weighted by atomic mass is 9.98. The molecule has 1 aromatic heterocycles. The summed E-state index contributed by atoms with van der Waals surface area (Å²) in [5.74, 6) is 0.604. The maximum atomic E-state index is 12.9. The van der Waals surface area contributed by atoms with Gasteiger partial charge in [-0.3, -0.25) is 9.71 Å². The standard InChI is InChI=1S/C18H24N2O3S/c1-5-9-23-17-10-14(4)16(13(2)3)11-18(17)24(21,22)20-15-7-6-8-19-12-15/h6-8,10-13,20H,5,9H2,1-4H3. The molecule has 0 aliphatic heterocycles. The Labute approximate surface area is 144 Å². The van der Waals surface area contributed by atoms with E-state index in [2.05, 4.69) is 9.71 Å². The average molecular weight is 348 g/mol. The van der Waals surface area contributed by atoms with Gasteiger partial charge in [-0.15, -0.1) is 0 Å². The number of benzene rings is 1. The van der Waals surface area contributed by atoms with Crippen molar-refractivity contribution in [2.24, 2.45) is 0 Å². The molecule has 0 radical (unpaired) electrons. The maximum Gasteiger partial charge on any atom is 0.265 e. The van der Waals surface area contributed by atoms with Crippen LogP contribution in [0.3, 0.4) is 0 Å². The van der Waals surface area contributed by atoms with E-state index in [1.807, 2.05) is 33.8 Å². The molecular formula is C18H24N2O3S. The third kappa shape index (κ3) is 4.26. The normalized spacial score (nSPS) is 11.5. The summed E-state index contributed by atoms with van der Waals surface area (Å²) in [6, 6.07) is 6.86. The molecule has 2 rings (SSSR count). The summed E-state index contributed by atoms with van der Waals surface area (Å²) in [6.07, 6.45) is 3.87. The van der Waals surface area contributed by atoms with Gasteiger partial charge in [-0.05, 0) is 54.7 Å². The first-order valence-electron chi connectivity index (χ1n) is 8.05. The van der Waals surface area contributed by atoms with Crippen molar-refractivity contribution in [3.05, 3.63) is 47.8 Å². The summed E-state index contributed by atoms with van der Waals surface area (Å²) in [5.41, 5.74) is 2.44. The molecule has 0 unspecified atom stereocenters. The Bertz CT molecular complexity index is 787. The number of aryl methyl sites for hydroxylation is 1. The number of nitrogens with one attached hydrogen (secondary N) is 1. The lowest BCUT2D eigenvalue weighted by molar-refractivity contribution is 0.309. The third-order valence-electron chi connectivity index (χ3n) is 3.62. The molecule has 0 saturated carbocycles. The third-order valence-corrected chi connectivity index (χ3v) is 5.02. The van der Waals surface area contributed by atoms with Gasteiger partial charge in [-0.2, -0.15) is 0 Å². The van der Waals surface area contributed by atoms with Crippen LogP contribution in [0.4, 0.5) is 5.69 Å². The summed E-state index contributed by atoms with van der Waals surface area (Å²) in [6.45, 7) is 8.51. The zero-order chi connectivity index (χ0) is 17.7. The van der Waals surface area contributed by atoms with Crippen LogP contribution >= 0.6 is 0 Å². The van der Waals surface area contributed by atoms with E-state index in [4.69, 9.17) is 4.74 Å². The minimum atomic E-state index is -3.76. The number of anilines is 1. The van der Waals surface area contributed by atoms with E-state index < -0.39 is 10.0 Å². The predicted octanol–water partition coefficient (Wildman–Crippen LogP) is 4.10. The van der Waals surface area contributed by atoms with Crippen LogP contribution in [0.25, 0.3) is 0 Å². The Morgan fingerprint density at radius 1 is 1.29 bits per heavy atom. The number of hydrogen-bond acceptors (Lipinski definition) is 4. The van der Waals surface area contributed by atoms with Crippen LogP contribution in [0.1, 0.15) is 44.2 Å². The molecule has 5 nitrogen and oxygen atoms in total. The van der Waals surface area contributed by atoms with E-state index in [9.17, 15) is 8.42 Å². The molecule has 0 atom stereocenters. The second-order valence-electron chi connectivity index (χ2n) is 6.01. The zero-order valence-electron chi connectivity index (χ0n) is 14.5. The Morgan fingerprint density at radius 2 is 2.04 bits per heavy atom. The zero-order valence-corrected chi connectivity index (χ0v) is 15.4. The van der Waals surface area contributed by atoms with Crippen LogP contribution in [0.2, 0.25) is 0 Å². The molecule has 24 heavy (non-hydrogen) atoms. The van der Waals surface area contributed by atoms with Crippen molar-refractivity contribution in [1.29, 1.82) is 0 Å². The molecule has 130 valence electrons. The second kappa shape index (κ2) is 7.66. The van der Waals surface area contributed by atoms with Crippen molar-refractivity contribution < 1.29 is 13.2 Å². The quantitative estimate of drug-likeness (QED) is 0.818. The number of nitrogens with zero attached hydrogens (tertiary/aromatic N) is 1. The topological polar surface area (TPSA) is 68.3 Å². The number of ether oxygens (including phenoxy) is 1. The monoisotopic (exact) mass is 348 g/mol. The van der Waals surface area contributed by atoms with Gasteiger partial charge in [0.1, 0.15) is 10.6 Å². The molecule has 1 aromatic carbocycles. The van der Waals surface area contributed by atoms with Crippen molar-refractivity contribution in [2.45, 2.75) is 44.9 Å². The molecule has 0 aliphatic carbocycles. The first-order chi connectivity index (χ1) is 11.3. The van der Waals surface area contributed by atoms with Gasteiger partial charge < -0.3 is 4.74 Å². The van der Waals surface area contributed by atoms with Gasteiger partial charge in [0, 0.05) is 6.20 Å². The summed E-state index contributed by atoms with van der Waals surface area (Å²) >= 11 is 0. The Balaban J connectivity index is 2.50. The Kier molecular flexibility index (Phi) is 5.83. The van der Waals surface area contributed by atoms with E-state index in [1.54, 1.807) is 24.4 Å². The van der Waals surface area contributed by atoms with Gasteiger partial charge in [0.2, 0.25) is 0 Å². The minimum Gasteiger partial charge on any atom is -0.492 e. The maximum absolute atomic E-state index is 12.9. The number of pyridine rings is 1. The van der Waals surface area contributed by atoms with E-state index in [0.29, 0.717) is 18.0 Å². The first kappa shape index (κ1) is 18.3. The van der Waals surface area contributed by atoms with Gasteiger partial charge in [-0.1, -0.05) is 20.8 Å². The first-order valence-corrected chi connectivity index (χ1v) is 9.53. The van der Waals surface area contributed by atoms with Gasteiger partial charge in [-0.25, -0.2) is 8.42 Å². The van der Waals surface area contributed by atoms with Crippen molar-refractivity contribution in [3.63, 3.8) is 0 Å². The molecule has 0 spiro atoms. The molecular weight excluding hydrogens is 324 g/mol. The fourth-order valence-electron chi connectivity index (χ4n) is 2.47. The predicted molar refractivity (Wildman–Crippen MR) is 96.1 cm³/mol. The van der Waals surface area contributed by atoms with E-state index in [-0.39, 0.29) is 10.8 Å². The average Bonchev–Trinajstić information content (AvgIpc) is 2.52. The fourth-order valence-corrected chi connectivity index (χ4v) is 3.67. The highest BCUT2D eigenvalue weighted by Crippen LogP contribution is 2.32. The Morgan fingerprint density at radius 3 is 2.62 bits per heavy atom. The van der Waals surface area contributed by atoms with Gasteiger partial charge in [0.05, 0.1) is 18.5 Å². The molecule has 0 aliphatic rings. The second-order valence-corrected chi connectivity index (χ2v) is 7.66. The van der Waals surface area contributed by atoms with Crippen LogP contribution < -0.4 is 9.46 Å². The number of hydrogen-bond donors (Lipinski definition) is 1. The van der Waals surface area contributed by atoms with Crippen molar-refractivity contribution in [2.75, 3.05) is 11.3 Å². The summed E-state index contributed by atoms with van der Waals surface area (Å²) in [5, 5.41) is 0. The van der Waals surface area contributed by atoms with Gasteiger partial charge in [0.15, 0.2) is 0 Å². The molecule has 0 amide bonds. The minimum absolute atomic E-state index is 0.161. The van der Waals surface area contributed by atoms with Gasteiger partial charge >= 0.3 is 0 Å². The molecule has 1 N–H and O–H groups in total. The molecule has 0 saturated heterocycles. The molecule has 2 aromatic rings. The summed E-state index contributed by atoms with van der Waals surface area (Å²) in [7, 11) is -3.76. The van der Waals surface area contributed by atoms with Crippen LogP contribution in [0.15, 0.2) is 41.6 Å². The van der Waals surface area contributed by atoms with Crippen molar-refractivity contribution in [1.82, 2.24) is 4.98 Å². The van der Waals surface area contributed by atoms with E-state index >= 15 is 0 Å². The highest BCUT2D eigenvalue weighted by molar-refractivity contribution is 7.92. The number of sulfonamides is 1.